The number of aryl methyl sites for hydroxylation is 1. The maximum atomic E-state index is 5.58. The molecule has 4 nitrogen and oxygen atoms in total. The van der Waals surface area contributed by atoms with Gasteiger partial charge < -0.3 is 9.73 Å². The Bertz CT molecular complexity index is 507. The van der Waals surface area contributed by atoms with Crippen molar-refractivity contribution in [2.45, 2.75) is 37.2 Å². The van der Waals surface area contributed by atoms with Gasteiger partial charge in [0.15, 0.2) is 5.13 Å². The summed E-state index contributed by atoms with van der Waals surface area (Å²) < 4.78 is 6.76. The fraction of sp³-hybridized carbons (Fsp3) is 0.538. The van der Waals surface area contributed by atoms with Gasteiger partial charge in [0.2, 0.25) is 5.89 Å². The summed E-state index contributed by atoms with van der Waals surface area (Å²) in [6.07, 6.45) is 4.60. The van der Waals surface area contributed by atoms with E-state index in [0.29, 0.717) is 5.92 Å². The fourth-order valence-corrected chi connectivity index (χ4v) is 3.14. The molecule has 0 saturated carbocycles. The first-order valence-electron chi connectivity index (χ1n) is 6.43. The lowest BCUT2D eigenvalue weighted by Gasteiger charge is -2.04. The monoisotopic (exact) mass is 297 g/mol. The predicted molar refractivity (Wildman–Crippen MR) is 80.9 cm³/mol. The van der Waals surface area contributed by atoms with Gasteiger partial charge in [-0.3, -0.25) is 0 Å². The van der Waals surface area contributed by atoms with Crippen LogP contribution in [-0.2, 0) is 12.2 Å². The summed E-state index contributed by atoms with van der Waals surface area (Å²) in [6.45, 7) is 7.39. The number of hydrogen-bond donors (Lipinski definition) is 1. The number of nitrogens with one attached hydrogen (secondary N) is 1. The zero-order valence-corrected chi connectivity index (χ0v) is 13.1. The molecule has 0 radical (unpaired) electrons. The van der Waals surface area contributed by atoms with E-state index in [1.54, 1.807) is 29.3 Å². The van der Waals surface area contributed by atoms with Crippen LogP contribution >= 0.6 is 23.1 Å². The maximum absolute atomic E-state index is 5.58. The summed E-state index contributed by atoms with van der Waals surface area (Å²) in [7, 11) is 0. The van der Waals surface area contributed by atoms with Crippen LogP contribution in [0.25, 0.3) is 0 Å². The molecular formula is C13H19N3OS2. The molecule has 0 amide bonds. The van der Waals surface area contributed by atoms with E-state index < -0.39 is 0 Å². The highest BCUT2D eigenvalue weighted by Crippen LogP contribution is 2.30. The minimum absolute atomic E-state index is 0.625. The van der Waals surface area contributed by atoms with Crippen molar-refractivity contribution in [2.24, 2.45) is 5.92 Å². The summed E-state index contributed by atoms with van der Waals surface area (Å²) in [5.41, 5.74) is 0. The van der Waals surface area contributed by atoms with Gasteiger partial charge in [-0.15, -0.1) is 11.8 Å². The summed E-state index contributed by atoms with van der Waals surface area (Å²) in [4.78, 5) is 8.61. The van der Waals surface area contributed by atoms with Crippen molar-refractivity contribution in [1.29, 1.82) is 0 Å². The molecule has 6 heteroatoms. The molecular weight excluding hydrogens is 278 g/mol. The van der Waals surface area contributed by atoms with Crippen LogP contribution in [0.4, 0.5) is 5.13 Å². The molecule has 0 aliphatic carbocycles. The zero-order valence-electron chi connectivity index (χ0n) is 11.5. The number of thioether (sulfide) groups is 1. The molecule has 0 aliphatic heterocycles. The lowest BCUT2D eigenvalue weighted by molar-refractivity contribution is 0.476. The van der Waals surface area contributed by atoms with E-state index in [4.69, 9.17) is 4.42 Å². The zero-order chi connectivity index (χ0) is 13.7. The third-order valence-corrected chi connectivity index (χ3v) is 4.57. The second-order valence-corrected chi connectivity index (χ2v) is 6.93. The third kappa shape index (κ3) is 4.54. The van der Waals surface area contributed by atoms with Crippen LogP contribution in [0.3, 0.4) is 0 Å². The van der Waals surface area contributed by atoms with Crippen molar-refractivity contribution >= 4 is 28.2 Å². The van der Waals surface area contributed by atoms with Crippen LogP contribution in [0.1, 0.15) is 32.4 Å². The van der Waals surface area contributed by atoms with Gasteiger partial charge in [0.1, 0.15) is 5.76 Å². The number of thiazole rings is 1. The molecule has 0 aromatic carbocycles. The summed E-state index contributed by atoms with van der Waals surface area (Å²) in [5, 5.41) is 4.32. The molecule has 0 spiro atoms. The summed E-state index contributed by atoms with van der Waals surface area (Å²) >= 11 is 3.39. The van der Waals surface area contributed by atoms with Gasteiger partial charge in [0.05, 0.1) is 22.4 Å². The Hall–Kier alpha value is -1.01. The van der Waals surface area contributed by atoms with Crippen LogP contribution in [-0.4, -0.2) is 16.5 Å². The smallest absolute Gasteiger partial charge is 0.204 e. The van der Waals surface area contributed by atoms with Crippen LogP contribution in [0.15, 0.2) is 21.0 Å². The lowest BCUT2D eigenvalue weighted by atomic mass is 10.2. The van der Waals surface area contributed by atoms with E-state index >= 15 is 0 Å². The number of anilines is 1. The van der Waals surface area contributed by atoms with Gasteiger partial charge in [-0.2, -0.15) is 0 Å². The Balaban J connectivity index is 1.82. The highest BCUT2D eigenvalue weighted by Gasteiger charge is 2.06. The molecule has 2 aromatic heterocycles. The van der Waals surface area contributed by atoms with Crippen LogP contribution in [0.5, 0.6) is 0 Å². The Morgan fingerprint density at radius 3 is 2.89 bits per heavy atom. The highest BCUT2D eigenvalue weighted by atomic mass is 32.2. The van der Waals surface area contributed by atoms with Crippen molar-refractivity contribution in [3.05, 3.63) is 24.0 Å². The van der Waals surface area contributed by atoms with E-state index in [1.165, 1.54) is 4.21 Å². The first-order chi connectivity index (χ1) is 9.17. The van der Waals surface area contributed by atoms with E-state index in [-0.39, 0.29) is 0 Å². The molecule has 19 heavy (non-hydrogen) atoms. The standard InChI is InChI=1S/C13H19N3OS2/c1-4-10-6-14-11(17-10)8-18-12-7-16-13(19-12)15-5-9(2)3/h6-7,9H,4-5,8H2,1-3H3,(H,15,16). The SMILES string of the molecule is CCc1cnc(CSc2cnc(NCC(C)C)s2)o1. The largest absolute Gasteiger partial charge is 0.445 e. The van der Waals surface area contributed by atoms with Gasteiger partial charge >= 0.3 is 0 Å². The minimum Gasteiger partial charge on any atom is -0.445 e. The second kappa shape index (κ2) is 6.96. The number of rotatable bonds is 7. The van der Waals surface area contributed by atoms with E-state index in [9.17, 15) is 0 Å². The molecule has 0 unspecified atom stereocenters. The molecule has 2 aromatic rings. The minimum atomic E-state index is 0.625. The maximum Gasteiger partial charge on any atom is 0.204 e. The van der Waals surface area contributed by atoms with Crippen molar-refractivity contribution in [2.75, 3.05) is 11.9 Å². The highest BCUT2D eigenvalue weighted by molar-refractivity contribution is 8.00. The van der Waals surface area contributed by atoms with Crippen LogP contribution in [0.2, 0.25) is 0 Å². The third-order valence-electron chi connectivity index (χ3n) is 2.43. The van der Waals surface area contributed by atoms with Crippen molar-refractivity contribution in [3.8, 4) is 0 Å². The summed E-state index contributed by atoms with van der Waals surface area (Å²) in [6, 6.07) is 0. The fourth-order valence-electron chi connectivity index (χ4n) is 1.41. The average Bonchev–Trinajstić information content (AvgIpc) is 3.03. The first kappa shape index (κ1) is 14.4. The van der Waals surface area contributed by atoms with E-state index in [2.05, 4.69) is 36.1 Å². The van der Waals surface area contributed by atoms with Crippen LogP contribution < -0.4 is 5.32 Å². The van der Waals surface area contributed by atoms with Crippen molar-refractivity contribution in [1.82, 2.24) is 9.97 Å². The van der Waals surface area contributed by atoms with Crippen molar-refractivity contribution in [3.63, 3.8) is 0 Å². The molecule has 0 aliphatic rings. The van der Waals surface area contributed by atoms with Crippen LogP contribution in [0, 0.1) is 5.92 Å². The number of aromatic nitrogens is 2. The summed E-state index contributed by atoms with van der Waals surface area (Å²) in [5.74, 6) is 3.11. The topological polar surface area (TPSA) is 51.0 Å². The molecule has 104 valence electrons. The Labute approximate surface area is 122 Å². The molecule has 2 rings (SSSR count). The van der Waals surface area contributed by atoms with Gasteiger partial charge in [-0.05, 0) is 5.92 Å². The number of hydrogen-bond acceptors (Lipinski definition) is 6. The molecule has 0 fully saturated rings. The predicted octanol–water partition coefficient (Wildman–Crippen LogP) is 4.05. The molecule has 0 bridgehead atoms. The van der Waals surface area contributed by atoms with Gasteiger partial charge in [-0.1, -0.05) is 32.1 Å². The molecule has 0 atom stereocenters. The quantitative estimate of drug-likeness (QED) is 0.781. The normalized spacial score (nSPS) is 11.2. The van der Waals surface area contributed by atoms with Gasteiger partial charge in [-0.25, -0.2) is 9.97 Å². The average molecular weight is 297 g/mol. The van der Waals surface area contributed by atoms with Gasteiger partial charge in [0.25, 0.3) is 0 Å². The number of nitrogens with zero attached hydrogens (tertiary/aromatic N) is 2. The Morgan fingerprint density at radius 2 is 2.21 bits per heavy atom. The molecule has 2 heterocycles. The second-order valence-electron chi connectivity index (χ2n) is 4.62. The Kier molecular flexibility index (Phi) is 5.27. The van der Waals surface area contributed by atoms with Crippen molar-refractivity contribution < 1.29 is 4.42 Å². The Morgan fingerprint density at radius 1 is 1.37 bits per heavy atom. The molecule has 0 saturated heterocycles. The number of oxazole rings is 1. The molecule has 1 N–H and O–H groups in total. The first-order valence-corrected chi connectivity index (χ1v) is 8.23. The van der Waals surface area contributed by atoms with Gasteiger partial charge in [0, 0.05) is 13.0 Å². The van der Waals surface area contributed by atoms with E-state index in [0.717, 1.165) is 35.5 Å². The van der Waals surface area contributed by atoms with E-state index in [1.807, 2.05) is 6.20 Å². The lowest BCUT2D eigenvalue weighted by Crippen LogP contribution is -2.07.